The maximum Gasteiger partial charge on any atom is 0.244 e. The largest absolute Gasteiger partial charge is 0.354 e. The molecule has 6 heteroatoms. The molecule has 0 fully saturated rings. The molecule has 25 heavy (non-hydrogen) atoms. The number of nitrogens with one attached hydrogen (secondary N) is 2. The average Bonchev–Trinajstić information content (AvgIpc) is 3.06. The van der Waals surface area contributed by atoms with Crippen LogP contribution in [0.15, 0.2) is 42.5 Å². The molecule has 2 amide bonds. The third-order valence-corrected chi connectivity index (χ3v) is 4.50. The van der Waals surface area contributed by atoms with Gasteiger partial charge < -0.3 is 10.6 Å². The maximum atomic E-state index is 13.0. The molecule has 1 heterocycles. The van der Waals surface area contributed by atoms with Gasteiger partial charge in [-0.15, -0.1) is 11.3 Å². The summed E-state index contributed by atoms with van der Waals surface area (Å²) in [4.78, 5) is 25.1. The molecule has 0 saturated carbocycles. The topological polar surface area (TPSA) is 58.2 Å². The van der Waals surface area contributed by atoms with Crippen LogP contribution >= 0.6 is 11.3 Å². The Kier molecular flexibility index (Phi) is 6.89. The zero-order chi connectivity index (χ0) is 18.2. The fourth-order valence-electron chi connectivity index (χ4n) is 2.00. The molecule has 132 valence electrons. The Labute approximate surface area is 150 Å². The van der Waals surface area contributed by atoms with Crippen molar-refractivity contribution in [2.24, 2.45) is 5.92 Å². The molecule has 1 aromatic heterocycles. The van der Waals surface area contributed by atoms with Crippen molar-refractivity contribution in [3.05, 3.63) is 53.2 Å². The van der Waals surface area contributed by atoms with Crippen LogP contribution < -0.4 is 10.6 Å². The highest BCUT2D eigenvalue weighted by molar-refractivity contribution is 7.16. The van der Waals surface area contributed by atoms with Crippen molar-refractivity contribution >= 4 is 29.2 Å². The van der Waals surface area contributed by atoms with Crippen LogP contribution in [0.1, 0.15) is 18.7 Å². The second-order valence-electron chi connectivity index (χ2n) is 5.78. The van der Waals surface area contributed by atoms with Gasteiger partial charge in [-0.25, -0.2) is 4.39 Å². The molecule has 2 rings (SSSR count). The van der Waals surface area contributed by atoms with E-state index in [4.69, 9.17) is 0 Å². The number of amides is 2. The summed E-state index contributed by atoms with van der Waals surface area (Å²) in [6.07, 6.45) is 3.20. The van der Waals surface area contributed by atoms with Gasteiger partial charge in [0.25, 0.3) is 0 Å². The van der Waals surface area contributed by atoms with Gasteiger partial charge in [0.1, 0.15) is 5.82 Å². The number of halogens is 1. The smallest absolute Gasteiger partial charge is 0.244 e. The normalized spacial score (nSPS) is 11.0. The van der Waals surface area contributed by atoms with Gasteiger partial charge in [0, 0.05) is 34.8 Å². The Morgan fingerprint density at radius 2 is 1.76 bits per heavy atom. The minimum Gasteiger partial charge on any atom is -0.354 e. The Balaban J connectivity index is 1.80. The summed E-state index contributed by atoms with van der Waals surface area (Å²) >= 11 is 1.52. The van der Waals surface area contributed by atoms with Crippen LogP contribution in [0.3, 0.4) is 0 Å². The number of thiophene rings is 1. The van der Waals surface area contributed by atoms with Crippen molar-refractivity contribution in [3.63, 3.8) is 0 Å². The lowest BCUT2D eigenvalue weighted by Crippen LogP contribution is -2.35. The van der Waals surface area contributed by atoms with Crippen molar-refractivity contribution in [3.8, 4) is 10.4 Å². The molecule has 2 N–H and O–H groups in total. The third kappa shape index (κ3) is 6.15. The van der Waals surface area contributed by atoms with Crippen LogP contribution in [0.25, 0.3) is 16.5 Å². The summed E-state index contributed by atoms with van der Waals surface area (Å²) in [6.45, 7) is 4.42. The number of carbonyl (C=O) groups excluding carboxylic acids is 2. The lowest BCUT2D eigenvalue weighted by atomic mass is 10.2. The lowest BCUT2D eigenvalue weighted by molar-refractivity contribution is -0.124. The van der Waals surface area contributed by atoms with Crippen LogP contribution in [0.5, 0.6) is 0 Å². The Bertz CT molecular complexity index is 751. The van der Waals surface area contributed by atoms with E-state index in [1.807, 2.05) is 26.0 Å². The SMILES string of the molecule is CC(C)C(=O)NCCNC(=O)/C=C/c1ccc(-c2ccc(F)cc2)s1. The van der Waals surface area contributed by atoms with Gasteiger partial charge in [0.05, 0.1) is 0 Å². The van der Waals surface area contributed by atoms with E-state index < -0.39 is 0 Å². The van der Waals surface area contributed by atoms with Gasteiger partial charge in [0.2, 0.25) is 11.8 Å². The second-order valence-corrected chi connectivity index (χ2v) is 6.89. The van der Waals surface area contributed by atoms with E-state index in [0.717, 1.165) is 15.3 Å². The summed E-state index contributed by atoms with van der Waals surface area (Å²) in [5, 5.41) is 5.45. The standard InChI is InChI=1S/C19H21FN2O2S/c1-13(2)19(24)22-12-11-21-18(23)10-8-16-7-9-17(25-16)14-3-5-15(20)6-4-14/h3-10,13H,11-12H2,1-2H3,(H,21,23)(H,22,24)/b10-8+. The van der Waals surface area contributed by atoms with Gasteiger partial charge in [-0.3, -0.25) is 9.59 Å². The summed E-state index contributed by atoms with van der Waals surface area (Å²) in [5.74, 6) is -0.571. The molecule has 0 aliphatic carbocycles. The minimum absolute atomic E-state index is 0.0308. The molecule has 0 unspecified atom stereocenters. The predicted molar refractivity (Wildman–Crippen MR) is 99.6 cm³/mol. The first kappa shape index (κ1) is 18.9. The maximum absolute atomic E-state index is 13.0. The Morgan fingerprint density at radius 3 is 2.44 bits per heavy atom. The number of hydrogen-bond acceptors (Lipinski definition) is 3. The van der Waals surface area contributed by atoms with E-state index in [1.165, 1.54) is 29.5 Å². The van der Waals surface area contributed by atoms with E-state index in [9.17, 15) is 14.0 Å². The first-order chi connectivity index (χ1) is 12.0. The van der Waals surface area contributed by atoms with Crippen molar-refractivity contribution in [1.82, 2.24) is 10.6 Å². The first-order valence-corrected chi connectivity index (χ1v) is 8.87. The van der Waals surface area contributed by atoms with Crippen LogP contribution in [-0.2, 0) is 9.59 Å². The number of hydrogen-bond donors (Lipinski definition) is 2. The van der Waals surface area contributed by atoms with E-state index in [1.54, 1.807) is 18.2 Å². The number of rotatable bonds is 7. The quantitative estimate of drug-likeness (QED) is 0.587. The van der Waals surface area contributed by atoms with Gasteiger partial charge in [-0.1, -0.05) is 26.0 Å². The van der Waals surface area contributed by atoms with Gasteiger partial charge in [-0.2, -0.15) is 0 Å². The molecule has 0 spiro atoms. The molecule has 1 aromatic carbocycles. The molecule has 0 saturated heterocycles. The van der Waals surface area contributed by atoms with Crippen molar-refractivity contribution in [2.75, 3.05) is 13.1 Å². The van der Waals surface area contributed by atoms with Crippen LogP contribution in [0.2, 0.25) is 0 Å². The number of carbonyl (C=O) groups is 2. The highest BCUT2D eigenvalue weighted by Crippen LogP contribution is 2.28. The monoisotopic (exact) mass is 360 g/mol. The van der Waals surface area contributed by atoms with Crippen LogP contribution in [0, 0.1) is 11.7 Å². The van der Waals surface area contributed by atoms with E-state index in [0.29, 0.717) is 13.1 Å². The molecular weight excluding hydrogens is 339 g/mol. The molecule has 4 nitrogen and oxygen atoms in total. The van der Waals surface area contributed by atoms with E-state index in [2.05, 4.69) is 10.6 Å². The fourth-order valence-corrected chi connectivity index (χ4v) is 2.92. The van der Waals surface area contributed by atoms with Gasteiger partial charge in [0.15, 0.2) is 0 Å². The van der Waals surface area contributed by atoms with E-state index >= 15 is 0 Å². The Morgan fingerprint density at radius 1 is 1.08 bits per heavy atom. The summed E-state index contributed by atoms with van der Waals surface area (Å²) in [6, 6.07) is 10.2. The van der Waals surface area contributed by atoms with Crippen molar-refractivity contribution < 1.29 is 14.0 Å². The summed E-state index contributed by atoms with van der Waals surface area (Å²) < 4.78 is 13.0. The molecule has 0 bridgehead atoms. The van der Waals surface area contributed by atoms with Gasteiger partial charge in [-0.05, 0) is 35.9 Å². The first-order valence-electron chi connectivity index (χ1n) is 8.05. The summed E-state index contributed by atoms with van der Waals surface area (Å²) in [7, 11) is 0. The van der Waals surface area contributed by atoms with Crippen molar-refractivity contribution in [1.29, 1.82) is 0 Å². The molecule has 2 aromatic rings. The van der Waals surface area contributed by atoms with Crippen LogP contribution in [-0.4, -0.2) is 24.9 Å². The van der Waals surface area contributed by atoms with Crippen molar-refractivity contribution in [2.45, 2.75) is 13.8 Å². The number of benzene rings is 1. The molecular formula is C19H21FN2O2S. The summed E-state index contributed by atoms with van der Waals surface area (Å²) in [5.41, 5.74) is 0.941. The van der Waals surface area contributed by atoms with Crippen LogP contribution in [0.4, 0.5) is 4.39 Å². The molecule has 0 aliphatic rings. The highest BCUT2D eigenvalue weighted by atomic mass is 32.1. The molecule has 0 radical (unpaired) electrons. The highest BCUT2D eigenvalue weighted by Gasteiger charge is 2.05. The minimum atomic E-state index is -0.262. The lowest BCUT2D eigenvalue weighted by Gasteiger charge is -2.07. The average molecular weight is 360 g/mol. The second kappa shape index (κ2) is 9.13. The van der Waals surface area contributed by atoms with Gasteiger partial charge >= 0.3 is 0 Å². The molecule has 0 aliphatic heterocycles. The Hall–Kier alpha value is -2.47. The zero-order valence-electron chi connectivity index (χ0n) is 14.2. The molecule has 0 atom stereocenters. The zero-order valence-corrected chi connectivity index (χ0v) is 15.0. The third-order valence-electron chi connectivity index (χ3n) is 3.40. The predicted octanol–water partition coefficient (Wildman–Crippen LogP) is 3.46. The van der Waals surface area contributed by atoms with E-state index in [-0.39, 0.29) is 23.5 Å². The fraction of sp³-hybridized carbons (Fsp3) is 0.263.